The predicted molar refractivity (Wildman–Crippen MR) is 71.6 cm³/mol. The zero-order valence-electron chi connectivity index (χ0n) is 10.1. The molecular formula is C13H19NO2S. The number of fused-ring (bicyclic) bond motifs is 1. The van der Waals surface area contributed by atoms with E-state index in [0.29, 0.717) is 5.25 Å². The molecule has 4 heteroatoms. The van der Waals surface area contributed by atoms with Crippen molar-refractivity contribution in [3.05, 3.63) is 29.3 Å². The lowest BCUT2D eigenvalue weighted by Gasteiger charge is -2.30. The molecule has 0 bridgehead atoms. The molecule has 0 radical (unpaired) electrons. The largest absolute Gasteiger partial charge is 0.497 e. The Labute approximate surface area is 106 Å². The maximum atomic E-state index is 8.88. The molecule has 94 valence electrons. The fourth-order valence-corrected chi connectivity index (χ4v) is 3.35. The third kappa shape index (κ3) is 2.76. The number of thioether (sulfide) groups is 1. The molecule has 0 saturated heterocycles. The molecule has 0 aliphatic heterocycles. The topological polar surface area (TPSA) is 55.5 Å². The highest BCUT2D eigenvalue weighted by atomic mass is 32.2. The van der Waals surface area contributed by atoms with Crippen molar-refractivity contribution in [1.29, 1.82) is 0 Å². The van der Waals surface area contributed by atoms with E-state index in [2.05, 4.69) is 6.07 Å². The minimum Gasteiger partial charge on any atom is -0.497 e. The van der Waals surface area contributed by atoms with Crippen LogP contribution in [-0.2, 0) is 6.42 Å². The van der Waals surface area contributed by atoms with E-state index in [1.54, 1.807) is 18.9 Å². The Morgan fingerprint density at radius 2 is 2.35 bits per heavy atom. The molecular weight excluding hydrogens is 234 g/mol. The van der Waals surface area contributed by atoms with Gasteiger partial charge in [-0.25, -0.2) is 0 Å². The molecule has 0 fully saturated rings. The molecule has 0 saturated carbocycles. The fraction of sp³-hybridized carbons (Fsp3) is 0.538. The maximum absolute atomic E-state index is 8.88. The van der Waals surface area contributed by atoms with Crippen LogP contribution in [-0.4, -0.2) is 29.8 Å². The highest BCUT2D eigenvalue weighted by Crippen LogP contribution is 2.36. The number of benzene rings is 1. The van der Waals surface area contributed by atoms with E-state index in [-0.39, 0.29) is 12.6 Å². The summed E-state index contributed by atoms with van der Waals surface area (Å²) in [5.41, 5.74) is 8.83. The normalized spacial score (nSPS) is 23.2. The summed E-state index contributed by atoms with van der Waals surface area (Å²) in [5.74, 6) is 1.63. The zero-order chi connectivity index (χ0) is 12.3. The summed E-state index contributed by atoms with van der Waals surface area (Å²) < 4.78 is 5.24. The smallest absolute Gasteiger partial charge is 0.119 e. The number of aliphatic hydroxyl groups excluding tert-OH is 1. The number of hydrogen-bond donors (Lipinski definition) is 2. The van der Waals surface area contributed by atoms with E-state index in [4.69, 9.17) is 15.6 Å². The molecule has 0 heterocycles. The van der Waals surface area contributed by atoms with Crippen LogP contribution in [0, 0.1) is 0 Å². The molecule has 0 amide bonds. The molecule has 1 aliphatic rings. The fourth-order valence-electron chi connectivity index (χ4n) is 2.31. The monoisotopic (exact) mass is 253 g/mol. The van der Waals surface area contributed by atoms with Crippen LogP contribution in [0.3, 0.4) is 0 Å². The van der Waals surface area contributed by atoms with Gasteiger partial charge in [0.15, 0.2) is 0 Å². The van der Waals surface area contributed by atoms with Crippen LogP contribution in [0.4, 0.5) is 0 Å². The molecule has 1 aromatic carbocycles. The summed E-state index contributed by atoms with van der Waals surface area (Å²) in [6.07, 6.45) is 2.15. The van der Waals surface area contributed by atoms with Gasteiger partial charge in [-0.15, -0.1) is 0 Å². The standard InChI is InChI=1S/C13H19NO2S/c1-16-10-4-2-9-3-5-12(17-7-6-15)13(14)11(9)8-10/h2,4,8,12-13,15H,3,5-7,14H2,1H3. The molecule has 0 spiro atoms. The molecule has 2 rings (SSSR count). The highest BCUT2D eigenvalue weighted by Gasteiger charge is 2.27. The molecule has 1 aliphatic carbocycles. The van der Waals surface area contributed by atoms with Crippen LogP contribution in [0.25, 0.3) is 0 Å². The third-order valence-corrected chi connectivity index (χ3v) is 4.61. The van der Waals surface area contributed by atoms with Crippen LogP contribution in [0.2, 0.25) is 0 Å². The summed E-state index contributed by atoms with van der Waals surface area (Å²) in [7, 11) is 1.67. The summed E-state index contributed by atoms with van der Waals surface area (Å²) in [6, 6.07) is 6.20. The van der Waals surface area contributed by atoms with E-state index in [9.17, 15) is 0 Å². The SMILES string of the molecule is COc1ccc2c(c1)C(N)C(SCCO)CC2. The molecule has 3 nitrogen and oxygen atoms in total. The van der Waals surface area contributed by atoms with E-state index < -0.39 is 0 Å². The van der Waals surface area contributed by atoms with Gasteiger partial charge in [0.25, 0.3) is 0 Å². The van der Waals surface area contributed by atoms with Crippen LogP contribution in [0.5, 0.6) is 5.75 Å². The molecule has 0 aromatic heterocycles. The van der Waals surface area contributed by atoms with Crippen molar-refractivity contribution in [2.45, 2.75) is 24.1 Å². The number of ether oxygens (including phenoxy) is 1. The first-order chi connectivity index (χ1) is 8.26. The van der Waals surface area contributed by atoms with Crippen molar-refractivity contribution in [3.63, 3.8) is 0 Å². The highest BCUT2D eigenvalue weighted by molar-refractivity contribution is 7.99. The summed E-state index contributed by atoms with van der Waals surface area (Å²) in [5, 5.41) is 9.28. The minimum absolute atomic E-state index is 0.0467. The lowest BCUT2D eigenvalue weighted by atomic mass is 9.87. The third-order valence-electron chi connectivity index (χ3n) is 3.23. The summed E-state index contributed by atoms with van der Waals surface area (Å²) in [6.45, 7) is 0.221. The Morgan fingerprint density at radius 1 is 1.53 bits per heavy atom. The van der Waals surface area contributed by atoms with Crippen LogP contribution in [0.15, 0.2) is 18.2 Å². The Kier molecular flexibility index (Phi) is 4.31. The van der Waals surface area contributed by atoms with Gasteiger partial charge in [0.1, 0.15) is 5.75 Å². The quantitative estimate of drug-likeness (QED) is 0.858. The maximum Gasteiger partial charge on any atom is 0.119 e. The summed E-state index contributed by atoms with van der Waals surface area (Å²) in [4.78, 5) is 0. The predicted octanol–water partition coefficient (Wildman–Crippen LogP) is 1.74. The van der Waals surface area contributed by atoms with E-state index in [0.717, 1.165) is 24.3 Å². The first-order valence-corrected chi connectivity index (χ1v) is 6.96. The van der Waals surface area contributed by atoms with Crippen molar-refractivity contribution < 1.29 is 9.84 Å². The van der Waals surface area contributed by atoms with Crippen molar-refractivity contribution in [3.8, 4) is 5.75 Å². The van der Waals surface area contributed by atoms with Crippen LogP contribution in [0.1, 0.15) is 23.6 Å². The van der Waals surface area contributed by atoms with Crippen molar-refractivity contribution in [2.24, 2.45) is 5.73 Å². The second-order valence-corrected chi connectivity index (χ2v) is 5.61. The van der Waals surface area contributed by atoms with Gasteiger partial charge in [0.2, 0.25) is 0 Å². The first-order valence-electron chi connectivity index (χ1n) is 5.91. The zero-order valence-corrected chi connectivity index (χ0v) is 10.9. The Bertz CT molecular complexity index is 384. The molecule has 2 atom stereocenters. The van der Waals surface area contributed by atoms with Crippen molar-refractivity contribution >= 4 is 11.8 Å². The second-order valence-electron chi connectivity index (χ2n) is 4.26. The molecule has 17 heavy (non-hydrogen) atoms. The van der Waals surface area contributed by atoms with E-state index >= 15 is 0 Å². The van der Waals surface area contributed by atoms with Gasteiger partial charge in [-0.3, -0.25) is 0 Å². The van der Waals surface area contributed by atoms with Gasteiger partial charge < -0.3 is 15.6 Å². The van der Waals surface area contributed by atoms with Gasteiger partial charge in [-0.2, -0.15) is 11.8 Å². The number of aryl methyl sites for hydroxylation is 1. The molecule has 2 unspecified atom stereocenters. The molecule has 3 N–H and O–H groups in total. The summed E-state index contributed by atoms with van der Waals surface area (Å²) >= 11 is 1.77. The van der Waals surface area contributed by atoms with Crippen LogP contribution < -0.4 is 10.5 Å². The number of hydrogen-bond acceptors (Lipinski definition) is 4. The average Bonchev–Trinajstić information content (AvgIpc) is 2.38. The van der Waals surface area contributed by atoms with Gasteiger partial charge in [-0.05, 0) is 36.1 Å². The Morgan fingerprint density at radius 3 is 3.06 bits per heavy atom. The minimum atomic E-state index is 0.0467. The van der Waals surface area contributed by atoms with Gasteiger partial charge in [0.05, 0.1) is 13.7 Å². The Hall–Kier alpha value is -0.710. The lowest BCUT2D eigenvalue weighted by molar-refractivity contribution is 0.322. The lowest BCUT2D eigenvalue weighted by Crippen LogP contribution is -2.30. The average molecular weight is 253 g/mol. The van der Waals surface area contributed by atoms with Crippen molar-refractivity contribution in [2.75, 3.05) is 19.5 Å². The van der Waals surface area contributed by atoms with Crippen molar-refractivity contribution in [1.82, 2.24) is 0 Å². The second kappa shape index (κ2) is 5.76. The van der Waals surface area contributed by atoms with Gasteiger partial charge in [-0.1, -0.05) is 6.07 Å². The number of aliphatic hydroxyl groups is 1. The van der Waals surface area contributed by atoms with E-state index in [1.165, 1.54) is 11.1 Å². The van der Waals surface area contributed by atoms with Gasteiger partial charge >= 0.3 is 0 Å². The number of nitrogens with two attached hydrogens (primary N) is 1. The number of rotatable bonds is 4. The van der Waals surface area contributed by atoms with E-state index in [1.807, 2.05) is 12.1 Å². The Balaban J connectivity index is 2.18. The molecule has 1 aromatic rings. The van der Waals surface area contributed by atoms with Crippen LogP contribution >= 0.6 is 11.8 Å². The number of methoxy groups -OCH3 is 1. The van der Waals surface area contributed by atoms with Gasteiger partial charge in [0, 0.05) is 17.0 Å². The first kappa shape index (κ1) is 12.7.